The lowest BCUT2D eigenvalue weighted by atomic mass is 9.80. The second-order valence-electron chi connectivity index (χ2n) is 5.30. The van der Waals surface area contributed by atoms with Gasteiger partial charge in [-0.1, -0.05) is 24.4 Å². The maximum atomic E-state index is 13.3. The highest BCUT2D eigenvalue weighted by Gasteiger charge is 2.24. The number of amides is 1. The number of nitrogens with one attached hydrogen (secondary N) is 1. The van der Waals surface area contributed by atoms with Gasteiger partial charge in [-0.25, -0.2) is 4.39 Å². The van der Waals surface area contributed by atoms with Gasteiger partial charge in [-0.2, -0.15) is 0 Å². The van der Waals surface area contributed by atoms with E-state index in [-0.39, 0.29) is 10.9 Å². The molecule has 1 saturated carbocycles. The maximum Gasteiger partial charge on any atom is 0.251 e. The first-order valence-electron chi connectivity index (χ1n) is 6.91. The predicted octanol–water partition coefficient (Wildman–Crippen LogP) is 4.25. The third-order valence-corrected chi connectivity index (χ3v) is 4.67. The Morgan fingerprint density at radius 3 is 2.65 bits per heavy atom. The molecule has 0 heterocycles. The standard InChI is InChI=1S/C15H18Cl2FNO/c16-8-11-3-1-2-4-12(11)9-19-15(20)10-5-6-13(17)14(18)7-10/h5-7,11-12H,1-4,8-9H2,(H,19,20). The van der Waals surface area contributed by atoms with E-state index in [1.54, 1.807) is 0 Å². The Morgan fingerprint density at radius 2 is 2.00 bits per heavy atom. The van der Waals surface area contributed by atoms with Crippen LogP contribution in [-0.4, -0.2) is 18.3 Å². The number of benzene rings is 1. The molecule has 2 unspecified atom stereocenters. The monoisotopic (exact) mass is 317 g/mol. The average molecular weight is 318 g/mol. The van der Waals surface area contributed by atoms with E-state index < -0.39 is 5.82 Å². The summed E-state index contributed by atoms with van der Waals surface area (Å²) in [5.41, 5.74) is 0.296. The van der Waals surface area contributed by atoms with Crippen molar-refractivity contribution < 1.29 is 9.18 Å². The van der Waals surface area contributed by atoms with Crippen LogP contribution < -0.4 is 5.32 Å². The summed E-state index contributed by atoms with van der Waals surface area (Å²) < 4.78 is 13.3. The van der Waals surface area contributed by atoms with E-state index in [1.807, 2.05) is 0 Å². The van der Waals surface area contributed by atoms with Gasteiger partial charge in [0.25, 0.3) is 5.91 Å². The minimum Gasteiger partial charge on any atom is -0.352 e. The fourth-order valence-corrected chi connectivity index (χ4v) is 3.24. The molecule has 2 rings (SSSR count). The molecule has 1 fully saturated rings. The average Bonchev–Trinajstić information content (AvgIpc) is 2.47. The van der Waals surface area contributed by atoms with Gasteiger partial charge in [0.15, 0.2) is 0 Å². The van der Waals surface area contributed by atoms with Gasteiger partial charge in [-0.3, -0.25) is 4.79 Å². The Hall–Kier alpha value is -0.800. The van der Waals surface area contributed by atoms with E-state index in [0.717, 1.165) is 18.9 Å². The Labute approximate surface area is 128 Å². The van der Waals surface area contributed by atoms with Crippen molar-refractivity contribution >= 4 is 29.1 Å². The van der Waals surface area contributed by atoms with Crippen molar-refractivity contribution in [3.8, 4) is 0 Å². The van der Waals surface area contributed by atoms with E-state index in [4.69, 9.17) is 23.2 Å². The largest absolute Gasteiger partial charge is 0.352 e. The second kappa shape index (κ2) is 7.28. The lowest BCUT2D eigenvalue weighted by Crippen LogP contribution is -2.34. The van der Waals surface area contributed by atoms with Gasteiger partial charge in [0.05, 0.1) is 5.02 Å². The molecule has 1 N–H and O–H groups in total. The third kappa shape index (κ3) is 3.86. The molecule has 1 aliphatic rings. The zero-order valence-corrected chi connectivity index (χ0v) is 12.7. The molecule has 0 bridgehead atoms. The van der Waals surface area contributed by atoms with Crippen LogP contribution in [0.2, 0.25) is 5.02 Å². The van der Waals surface area contributed by atoms with E-state index in [9.17, 15) is 9.18 Å². The van der Waals surface area contributed by atoms with Crippen LogP contribution in [0.15, 0.2) is 18.2 Å². The summed E-state index contributed by atoms with van der Waals surface area (Å²) in [6, 6.07) is 4.09. The molecule has 1 aliphatic carbocycles. The molecule has 1 aromatic carbocycles. The molecule has 2 nitrogen and oxygen atoms in total. The van der Waals surface area contributed by atoms with Crippen molar-refractivity contribution in [3.05, 3.63) is 34.6 Å². The molecule has 5 heteroatoms. The summed E-state index contributed by atoms with van der Waals surface area (Å²) in [7, 11) is 0. The molecule has 0 radical (unpaired) electrons. The topological polar surface area (TPSA) is 29.1 Å². The lowest BCUT2D eigenvalue weighted by Gasteiger charge is -2.30. The van der Waals surface area contributed by atoms with Gasteiger partial charge in [0.1, 0.15) is 5.82 Å². The van der Waals surface area contributed by atoms with Crippen molar-refractivity contribution in [2.75, 3.05) is 12.4 Å². The van der Waals surface area contributed by atoms with Crippen LogP contribution in [0.5, 0.6) is 0 Å². The van der Waals surface area contributed by atoms with E-state index in [1.165, 1.54) is 25.0 Å². The van der Waals surface area contributed by atoms with Crippen molar-refractivity contribution in [2.45, 2.75) is 25.7 Å². The van der Waals surface area contributed by atoms with Crippen molar-refractivity contribution in [1.29, 1.82) is 0 Å². The smallest absolute Gasteiger partial charge is 0.251 e. The first kappa shape index (κ1) is 15.6. The predicted molar refractivity (Wildman–Crippen MR) is 79.9 cm³/mol. The summed E-state index contributed by atoms with van der Waals surface area (Å²) in [4.78, 5) is 12.0. The van der Waals surface area contributed by atoms with Gasteiger partial charge in [-0.05, 0) is 42.9 Å². The molecule has 0 spiro atoms. The van der Waals surface area contributed by atoms with Crippen LogP contribution in [0, 0.1) is 17.7 Å². The summed E-state index contributed by atoms with van der Waals surface area (Å²) in [6.07, 6.45) is 4.61. The molecule has 2 atom stereocenters. The summed E-state index contributed by atoms with van der Waals surface area (Å²) in [5.74, 6) is 0.681. The molecular weight excluding hydrogens is 300 g/mol. The highest BCUT2D eigenvalue weighted by Crippen LogP contribution is 2.30. The summed E-state index contributed by atoms with van der Waals surface area (Å²) in [5, 5.41) is 2.90. The second-order valence-corrected chi connectivity index (χ2v) is 6.01. The number of hydrogen-bond acceptors (Lipinski definition) is 1. The van der Waals surface area contributed by atoms with Gasteiger partial charge in [-0.15, -0.1) is 11.6 Å². The fourth-order valence-electron chi connectivity index (χ4n) is 2.72. The van der Waals surface area contributed by atoms with Crippen LogP contribution in [0.3, 0.4) is 0 Å². The van der Waals surface area contributed by atoms with Crippen LogP contribution in [0.1, 0.15) is 36.0 Å². The van der Waals surface area contributed by atoms with Crippen LogP contribution in [-0.2, 0) is 0 Å². The first-order valence-corrected chi connectivity index (χ1v) is 7.82. The third-order valence-electron chi connectivity index (χ3n) is 3.97. The molecule has 20 heavy (non-hydrogen) atoms. The molecular formula is C15H18Cl2FNO. The molecule has 110 valence electrons. The lowest BCUT2D eigenvalue weighted by molar-refractivity contribution is 0.0936. The molecule has 1 amide bonds. The Kier molecular flexibility index (Phi) is 5.67. The Morgan fingerprint density at radius 1 is 1.30 bits per heavy atom. The zero-order valence-electron chi connectivity index (χ0n) is 11.2. The van der Waals surface area contributed by atoms with Gasteiger partial charge >= 0.3 is 0 Å². The maximum absolute atomic E-state index is 13.3. The molecule has 0 aliphatic heterocycles. The van der Waals surface area contributed by atoms with Gasteiger partial charge < -0.3 is 5.32 Å². The van der Waals surface area contributed by atoms with E-state index in [2.05, 4.69) is 5.32 Å². The number of halogens is 3. The quantitative estimate of drug-likeness (QED) is 0.826. The number of carbonyl (C=O) groups excluding carboxylic acids is 1. The fraction of sp³-hybridized carbons (Fsp3) is 0.533. The van der Waals surface area contributed by atoms with E-state index >= 15 is 0 Å². The SMILES string of the molecule is O=C(NCC1CCCCC1CCl)c1ccc(Cl)c(F)c1. The van der Waals surface area contributed by atoms with Crippen LogP contribution in [0.25, 0.3) is 0 Å². The van der Waals surface area contributed by atoms with Crippen LogP contribution in [0.4, 0.5) is 4.39 Å². The first-order chi connectivity index (χ1) is 9.61. The summed E-state index contributed by atoms with van der Waals surface area (Å²) in [6.45, 7) is 0.598. The summed E-state index contributed by atoms with van der Waals surface area (Å²) >= 11 is 11.6. The minimum atomic E-state index is -0.574. The van der Waals surface area contributed by atoms with Crippen molar-refractivity contribution in [2.24, 2.45) is 11.8 Å². The zero-order chi connectivity index (χ0) is 14.5. The molecule has 1 aromatic rings. The molecule has 0 saturated heterocycles. The van der Waals surface area contributed by atoms with Crippen molar-refractivity contribution in [3.63, 3.8) is 0 Å². The normalized spacial score (nSPS) is 22.6. The van der Waals surface area contributed by atoms with Gasteiger partial charge in [0, 0.05) is 18.0 Å². The number of hydrogen-bond donors (Lipinski definition) is 1. The number of alkyl halides is 1. The highest BCUT2D eigenvalue weighted by molar-refractivity contribution is 6.30. The van der Waals surface area contributed by atoms with Gasteiger partial charge in [0.2, 0.25) is 0 Å². The number of rotatable bonds is 4. The number of carbonyl (C=O) groups is 1. The van der Waals surface area contributed by atoms with E-state index in [0.29, 0.717) is 29.8 Å². The Bertz CT molecular complexity index is 481. The van der Waals surface area contributed by atoms with Crippen LogP contribution >= 0.6 is 23.2 Å². The molecule has 0 aromatic heterocycles. The minimum absolute atomic E-state index is 0.0241. The highest BCUT2D eigenvalue weighted by atomic mass is 35.5. The van der Waals surface area contributed by atoms with Crippen molar-refractivity contribution in [1.82, 2.24) is 5.32 Å². The Balaban J connectivity index is 1.92.